The predicted molar refractivity (Wildman–Crippen MR) is 75.9 cm³/mol. The molecule has 2 N–H and O–H groups in total. The summed E-state index contributed by atoms with van der Waals surface area (Å²) < 4.78 is 0. The van der Waals surface area contributed by atoms with E-state index < -0.39 is 6.10 Å². The molecule has 1 aliphatic carbocycles. The number of aliphatic hydroxyl groups is 1. The maximum Gasteiger partial charge on any atom is 0.220 e. The van der Waals surface area contributed by atoms with Crippen molar-refractivity contribution in [2.75, 3.05) is 6.54 Å². The first-order valence-corrected chi connectivity index (χ1v) is 6.90. The largest absolute Gasteiger partial charge is 0.387 e. The summed E-state index contributed by atoms with van der Waals surface area (Å²) in [6, 6.07) is 6.98. The zero-order valence-electron chi connectivity index (χ0n) is 10.7. The fourth-order valence-corrected chi connectivity index (χ4v) is 2.31. The van der Waals surface area contributed by atoms with E-state index in [-0.39, 0.29) is 12.5 Å². The topological polar surface area (TPSA) is 49.3 Å². The van der Waals surface area contributed by atoms with Gasteiger partial charge in [0.15, 0.2) is 0 Å². The van der Waals surface area contributed by atoms with E-state index in [1.54, 1.807) is 24.3 Å². The fourth-order valence-electron chi connectivity index (χ4n) is 2.19. The van der Waals surface area contributed by atoms with Gasteiger partial charge in [-0.25, -0.2) is 0 Å². The summed E-state index contributed by atoms with van der Waals surface area (Å²) in [7, 11) is 0. The Bertz CT molecular complexity index is 456. The zero-order valence-corrected chi connectivity index (χ0v) is 11.4. The summed E-state index contributed by atoms with van der Waals surface area (Å²) in [5.74, 6) is 0.345. The lowest BCUT2D eigenvalue weighted by Crippen LogP contribution is -2.29. The van der Waals surface area contributed by atoms with Crippen LogP contribution in [-0.4, -0.2) is 17.6 Å². The number of aliphatic hydroxyl groups excluding tert-OH is 1. The zero-order chi connectivity index (χ0) is 13.7. The molecule has 0 saturated heterocycles. The van der Waals surface area contributed by atoms with Gasteiger partial charge >= 0.3 is 0 Å². The van der Waals surface area contributed by atoms with Crippen LogP contribution in [-0.2, 0) is 4.79 Å². The molecule has 0 bridgehead atoms. The minimum Gasteiger partial charge on any atom is -0.387 e. The Morgan fingerprint density at radius 1 is 1.42 bits per heavy atom. The second-order valence-electron chi connectivity index (χ2n) is 4.84. The van der Waals surface area contributed by atoms with Gasteiger partial charge in [-0.1, -0.05) is 35.9 Å². The number of hydrogen-bond acceptors (Lipinski definition) is 2. The highest BCUT2D eigenvalue weighted by Crippen LogP contribution is 2.20. The summed E-state index contributed by atoms with van der Waals surface area (Å²) in [5, 5.41) is 13.3. The SMILES string of the molecule is O=C(C[C@@H]1C=CCC1)NC[C@H](O)c1ccc(Cl)cc1. The van der Waals surface area contributed by atoms with E-state index in [9.17, 15) is 9.90 Å². The number of nitrogens with one attached hydrogen (secondary N) is 1. The van der Waals surface area contributed by atoms with Gasteiger partial charge in [0.25, 0.3) is 0 Å². The molecule has 0 aromatic heterocycles. The third-order valence-corrected chi connectivity index (χ3v) is 3.56. The molecule has 0 heterocycles. The first-order chi connectivity index (χ1) is 9.15. The van der Waals surface area contributed by atoms with Crippen LogP contribution >= 0.6 is 11.6 Å². The first kappa shape index (κ1) is 14.1. The van der Waals surface area contributed by atoms with Crippen molar-refractivity contribution < 1.29 is 9.90 Å². The Balaban J connectivity index is 1.76. The standard InChI is InChI=1S/C15H18ClNO2/c16-13-7-5-12(6-8-13)14(18)10-17-15(19)9-11-3-1-2-4-11/h1,3,5-8,11,14,18H,2,4,9-10H2,(H,17,19)/t11-,14+/m1/s1. The number of carbonyl (C=O) groups excluding carboxylic acids is 1. The van der Waals surface area contributed by atoms with Crippen LogP contribution in [0.2, 0.25) is 5.02 Å². The first-order valence-electron chi connectivity index (χ1n) is 6.52. The van der Waals surface area contributed by atoms with Crippen molar-refractivity contribution in [1.82, 2.24) is 5.32 Å². The Morgan fingerprint density at radius 3 is 2.79 bits per heavy atom. The molecule has 1 aromatic rings. The van der Waals surface area contributed by atoms with Gasteiger partial charge in [0, 0.05) is 18.0 Å². The van der Waals surface area contributed by atoms with E-state index in [1.165, 1.54) is 0 Å². The summed E-state index contributed by atoms with van der Waals surface area (Å²) in [6.45, 7) is 0.233. The van der Waals surface area contributed by atoms with Crippen molar-refractivity contribution in [3.63, 3.8) is 0 Å². The Kier molecular flexibility index (Phi) is 5.00. The minimum atomic E-state index is -0.694. The van der Waals surface area contributed by atoms with Gasteiger partial charge in [0.05, 0.1) is 6.10 Å². The third kappa shape index (κ3) is 4.37. The van der Waals surface area contributed by atoms with Crippen LogP contribution in [0.25, 0.3) is 0 Å². The van der Waals surface area contributed by atoms with Crippen molar-refractivity contribution in [1.29, 1.82) is 0 Å². The molecular weight excluding hydrogens is 262 g/mol. The van der Waals surface area contributed by atoms with E-state index in [0.29, 0.717) is 17.4 Å². The molecule has 0 fully saturated rings. The molecule has 0 unspecified atom stereocenters. The molecule has 102 valence electrons. The lowest BCUT2D eigenvalue weighted by molar-refractivity contribution is -0.122. The highest BCUT2D eigenvalue weighted by molar-refractivity contribution is 6.30. The summed E-state index contributed by atoms with van der Waals surface area (Å²) >= 11 is 5.78. The normalized spacial score (nSPS) is 19.4. The summed E-state index contributed by atoms with van der Waals surface area (Å²) in [4.78, 5) is 11.7. The Hall–Kier alpha value is -1.32. The van der Waals surface area contributed by atoms with Crippen LogP contribution in [0.1, 0.15) is 30.9 Å². The highest BCUT2D eigenvalue weighted by Gasteiger charge is 2.15. The van der Waals surface area contributed by atoms with Gasteiger partial charge in [-0.15, -0.1) is 0 Å². The number of hydrogen-bond donors (Lipinski definition) is 2. The average molecular weight is 280 g/mol. The molecule has 4 heteroatoms. The lowest BCUT2D eigenvalue weighted by atomic mass is 10.0. The second-order valence-corrected chi connectivity index (χ2v) is 5.28. The van der Waals surface area contributed by atoms with E-state index in [4.69, 9.17) is 11.6 Å². The van der Waals surface area contributed by atoms with Crippen LogP contribution in [0.5, 0.6) is 0 Å². The maximum absolute atomic E-state index is 11.7. The monoisotopic (exact) mass is 279 g/mol. The molecule has 3 nitrogen and oxygen atoms in total. The predicted octanol–water partition coefficient (Wildman–Crippen LogP) is 2.85. The van der Waals surface area contributed by atoms with E-state index in [0.717, 1.165) is 18.4 Å². The van der Waals surface area contributed by atoms with Gasteiger partial charge < -0.3 is 10.4 Å². The molecule has 0 radical (unpaired) electrons. The van der Waals surface area contributed by atoms with Crippen molar-refractivity contribution >= 4 is 17.5 Å². The van der Waals surface area contributed by atoms with Crippen LogP contribution in [0.15, 0.2) is 36.4 Å². The molecule has 19 heavy (non-hydrogen) atoms. The highest BCUT2D eigenvalue weighted by atomic mass is 35.5. The molecule has 0 saturated carbocycles. The van der Waals surface area contributed by atoms with Crippen LogP contribution in [0, 0.1) is 5.92 Å². The summed E-state index contributed by atoms with van der Waals surface area (Å²) in [6.07, 6.45) is 6.12. The van der Waals surface area contributed by atoms with E-state index >= 15 is 0 Å². The third-order valence-electron chi connectivity index (χ3n) is 3.31. The maximum atomic E-state index is 11.7. The van der Waals surface area contributed by atoms with Gasteiger partial charge in [-0.05, 0) is 36.5 Å². The van der Waals surface area contributed by atoms with Gasteiger partial charge in [0.2, 0.25) is 5.91 Å². The lowest BCUT2D eigenvalue weighted by Gasteiger charge is -2.13. The number of rotatable bonds is 5. The van der Waals surface area contributed by atoms with Crippen molar-refractivity contribution in [2.24, 2.45) is 5.92 Å². The molecule has 2 rings (SSSR count). The Morgan fingerprint density at radius 2 is 2.16 bits per heavy atom. The van der Waals surface area contributed by atoms with Crippen molar-refractivity contribution in [3.8, 4) is 0 Å². The van der Waals surface area contributed by atoms with Crippen LogP contribution < -0.4 is 5.32 Å². The van der Waals surface area contributed by atoms with E-state index in [2.05, 4.69) is 17.5 Å². The average Bonchev–Trinajstić information content (AvgIpc) is 2.89. The molecule has 0 aliphatic heterocycles. The van der Waals surface area contributed by atoms with Gasteiger partial charge in [-0.3, -0.25) is 4.79 Å². The number of benzene rings is 1. The molecule has 1 amide bonds. The van der Waals surface area contributed by atoms with E-state index in [1.807, 2.05) is 0 Å². The number of amides is 1. The molecule has 0 spiro atoms. The quantitative estimate of drug-likeness (QED) is 0.814. The fraction of sp³-hybridized carbons (Fsp3) is 0.400. The van der Waals surface area contributed by atoms with Gasteiger partial charge in [0.1, 0.15) is 0 Å². The number of allylic oxidation sites excluding steroid dienone is 2. The molecule has 1 aromatic carbocycles. The van der Waals surface area contributed by atoms with Crippen molar-refractivity contribution in [2.45, 2.75) is 25.4 Å². The number of halogens is 1. The second kappa shape index (κ2) is 6.73. The molecule has 2 atom stereocenters. The smallest absolute Gasteiger partial charge is 0.220 e. The van der Waals surface area contributed by atoms with Gasteiger partial charge in [-0.2, -0.15) is 0 Å². The Labute approximate surface area is 118 Å². The number of carbonyl (C=O) groups is 1. The minimum absolute atomic E-state index is 0.00966. The summed E-state index contributed by atoms with van der Waals surface area (Å²) in [5.41, 5.74) is 0.755. The molecule has 1 aliphatic rings. The van der Waals surface area contributed by atoms with Crippen LogP contribution in [0.4, 0.5) is 0 Å². The van der Waals surface area contributed by atoms with Crippen LogP contribution in [0.3, 0.4) is 0 Å². The molecular formula is C15H18ClNO2. The van der Waals surface area contributed by atoms with Crippen molar-refractivity contribution in [3.05, 3.63) is 47.0 Å².